The lowest BCUT2D eigenvalue weighted by atomic mass is 9.92. The van der Waals surface area contributed by atoms with Crippen molar-refractivity contribution in [3.05, 3.63) is 95.7 Å². The maximum Gasteiger partial charge on any atom is 0.481 e. The summed E-state index contributed by atoms with van der Waals surface area (Å²) in [6.07, 6.45) is 18.4. The van der Waals surface area contributed by atoms with Crippen LogP contribution in [0, 0.1) is 5.92 Å². The lowest BCUT2D eigenvalue weighted by Crippen LogP contribution is -2.49. The van der Waals surface area contributed by atoms with Gasteiger partial charge in [0.25, 0.3) is 0 Å². The van der Waals surface area contributed by atoms with Crippen molar-refractivity contribution in [3.8, 4) is 0 Å². The summed E-state index contributed by atoms with van der Waals surface area (Å²) in [6.45, 7) is 1.29. The van der Waals surface area contributed by atoms with Gasteiger partial charge in [0.2, 0.25) is 0 Å². The number of phosphoric ester groups is 2. The van der Waals surface area contributed by atoms with E-state index >= 15 is 0 Å². The van der Waals surface area contributed by atoms with Crippen LogP contribution in [0.3, 0.4) is 0 Å². The van der Waals surface area contributed by atoms with Gasteiger partial charge in [-0.05, 0) is 76.7 Å². The first-order chi connectivity index (χ1) is 36.3. The highest BCUT2D eigenvalue weighted by Crippen LogP contribution is 2.60. The molecule has 1 fully saturated rings. The Hall–Kier alpha value is -3.96. The summed E-state index contributed by atoms with van der Waals surface area (Å²) in [7, 11) is -11.4. The Morgan fingerprint density at radius 2 is 1.54 bits per heavy atom. The fourth-order valence-corrected chi connectivity index (χ4v) is 10.0. The minimum atomic E-state index is -5.74. The highest BCUT2D eigenvalue weighted by molar-refractivity contribution is 7.61. The molecule has 2 aliphatic rings. The predicted octanol–water partition coefficient (Wildman–Crippen LogP) is 6.99. The van der Waals surface area contributed by atoms with Gasteiger partial charge in [-0.1, -0.05) is 119 Å². The third-order valence-electron chi connectivity index (χ3n) is 12.1. The molecule has 1 saturated heterocycles. The summed E-state index contributed by atoms with van der Waals surface area (Å²) < 4.78 is 64.7. The van der Waals surface area contributed by atoms with Crippen molar-refractivity contribution in [2.45, 2.75) is 191 Å². The summed E-state index contributed by atoms with van der Waals surface area (Å²) in [5.41, 5.74) is 4.75. The van der Waals surface area contributed by atoms with Gasteiger partial charge in [-0.25, -0.2) is 13.9 Å². The zero-order chi connectivity index (χ0) is 55.8. The summed E-state index contributed by atoms with van der Waals surface area (Å²) in [5.74, 6) is -2.89. The van der Waals surface area contributed by atoms with Gasteiger partial charge >= 0.3 is 33.3 Å². The Kier molecular flexibility index (Phi) is 32.3. The van der Waals surface area contributed by atoms with Gasteiger partial charge in [-0.3, -0.25) is 23.2 Å². The van der Waals surface area contributed by atoms with E-state index in [-0.39, 0.29) is 37.9 Å². The number of nitrogen functional groups attached to an aromatic ring is 1. The fraction of sp³-hybridized carbons (Fsp3) is 0.654. The third kappa shape index (κ3) is 27.6. The van der Waals surface area contributed by atoms with Gasteiger partial charge in [0.05, 0.1) is 25.4 Å². The molecule has 0 radical (unpaired) electrons. The topological polar surface area (TPSA) is 335 Å². The number of allylic oxidation sites excluding steroid dienone is 10. The van der Waals surface area contributed by atoms with E-state index in [1.54, 1.807) is 12.2 Å². The number of esters is 2. The number of hydrogen-bond acceptors (Lipinski definition) is 19. The predicted molar refractivity (Wildman–Crippen MR) is 283 cm³/mol. The molecule has 2 bridgehead atoms. The lowest BCUT2D eigenvalue weighted by Gasteiger charge is -2.36. The lowest BCUT2D eigenvalue weighted by molar-refractivity contribution is -0.192. The van der Waals surface area contributed by atoms with E-state index in [9.17, 15) is 58.8 Å². The maximum absolute atomic E-state index is 13.4. The van der Waals surface area contributed by atoms with Crippen molar-refractivity contribution in [1.29, 1.82) is 0 Å². The quantitative estimate of drug-likeness (QED) is 0.0237. The molecule has 12 atom stereocenters. The van der Waals surface area contributed by atoms with E-state index in [0.29, 0.717) is 19.3 Å². The van der Waals surface area contributed by atoms with Gasteiger partial charge in [-0.15, -0.1) is 0 Å². The number of unbranched alkanes of at least 4 members (excludes halogenated alkanes) is 6. The number of aromatic nitrogens is 2. The summed E-state index contributed by atoms with van der Waals surface area (Å²) in [4.78, 5) is 64.2. The first-order valence-corrected chi connectivity index (χ1v) is 29.3. The molecule has 0 aromatic carbocycles. The Bertz CT molecular complexity index is 2190. The number of aliphatic hydroxyl groups is 5. The van der Waals surface area contributed by atoms with E-state index in [2.05, 4.69) is 64.8 Å². The number of phosphoric acid groups is 2. The normalized spacial score (nSPS) is 29.8. The molecule has 76 heavy (non-hydrogen) atoms. The number of nitrogens with two attached hydrogens (primary N) is 1. The molecule has 0 aliphatic carbocycles. The van der Waals surface area contributed by atoms with E-state index in [1.807, 2.05) is 6.92 Å². The molecule has 0 saturated carbocycles. The second kappa shape index (κ2) is 37.0. The standard InChI is InChI=1S/C52H83N3O19P2/c1-3-5-7-8-9-10-11-12-13-14-15-16-17-18-19-20-25-29-46(58)68-36-40-37-69-75(64,65)74-76(66,67)70-38-44-50(62)49(61)43(32-31-39(56)27-23-6-4-2)72-48(60)35-42(57)41(28-24-21-22-26-30-47(59)71-40)51(73-44)55-34-33-45(53)54-52(55)63/h5,7,9-10,12-13,15-16,21,24,31-34,39-44,48-51,56-57,60-62H,3-4,6,8,11,14,17-20,22-23,25-30,35-38H2,1-2H3,(H,64,65)(H,66,67)(H2,53,54,63)/b7-5-,10-9-,13-12-,16-15-,24-21?,32-31+/t39-,40+,41-,42-,43+,44+,48?,49-,50+,51+/m0/s1. The van der Waals surface area contributed by atoms with Crippen molar-refractivity contribution < 1.29 is 86.3 Å². The molecular formula is C52H83N3O19P2. The monoisotopic (exact) mass is 1120 g/mol. The SMILES string of the molecule is CC/C=C\C/C=C\C/C=C\C/C=C\CCCCCCC(=O)OC[C@@H]1COP(=O)(O)OP(=O)(O)OC[C@H]2O[C@@H](n3ccc(N)nc3=O)[C@@H](CC=CCCCC(=O)O1)[C@@H](O)CC(O)O[C@H](/C=C/[C@@H](O)CCCCC)[C@H](O)[C@@H]2O. The van der Waals surface area contributed by atoms with Gasteiger partial charge < -0.3 is 60.0 Å². The van der Waals surface area contributed by atoms with Gasteiger partial charge in [0.15, 0.2) is 12.4 Å². The van der Waals surface area contributed by atoms with Crippen LogP contribution < -0.4 is 11.4 Å². The minimum absolute atomic E-state index is 0.0420. The first-order valence-electron chi connectivity index (χ1n) is 26.3. The Morgan fingerprint density at radius 1 is 0.868 bits per heavy atom. The van der Waals surface area contributed by atoms with Crippen molar-refractivity contribution >= 4 is 33.4 Å². The Morgan fingerprint density at radius 3 is 2.22 bits per heavy atom. The van der Waals surface area contributed by atoms with Crippen LogP contribution in [0.15, 0.2) is 90.0 Å². The zero-order valence-electron chi connectivity index (χ0n) is 43.8. The van der Waals surface area contributed by atoms with Crippen molar-refractivity contribution in [1.82, 2.24) is 9.55 Å². The van der Waals surface area contributed by atoms with E-state index in [4.69, 9.17) is 33.7 Å². The molecule has 3 rings (SSSR count). The molecule has 1 aromatic rings. The van der Waals surface area contributed by atoms with Crippen molar-refractivity contribution in [2.24, 2.45) is 5.92 Å². The van der Waals surface area contributed by atoms with Crippen molar-refractivity contribution in [3.63, 3.8) is 0 Å². The van der Waals surface area contributed by atoms with Crippen LogP contribution in [-0.4, -0.2) is 126 Å². The van der Waals surface area contributed by atoms with Crippen LogP contribution in [0.4, 0.5) is 5.82 Å². The number of fused-ring (bicyclic) bond motifs is 3. The second-order valence-electron chi connectivity index (χ2n) is 18.5. The third-order valence-corrected chi connectivity index (χ3v) is 14.7. The van der Waals surface area contributed by atoms with Crippen LogP contribution in [0.5, 0.6) is 0 Å². The van der Waals surface area contributed by atoms with Crippen LogP contribution in [0.2, 0.25) is 0 Å². The smallest absolute Gasteiger partial charge is 0.462 e. The molecule has 3 heterocycles. The number of carbonyl (C=O) groups excluding carboxylic acids is 2. The van der Waals surface area contributed by atoms with Crippen LogP contribution >= 0.6 is 15.6 Å². The minimum Gasteiger partial charge on any atom is -0.462 e. The van der Waals surface area contributed by atoms with E-state index in [0.717, 1.165) is 75.0 Å². The number of aliphatic hydroxyl groups excluding tert-OH is 5. The van der Waals surface area contributed by atoms with Crippen LogP contribution in [0.1, 0.15) is 142 Å². The number of nitrogens with zero attached hydrogens (tertiary/aromatic N) is 2. The second-order valence-corrected chi connectivity index (χ2v) is 21.6. The number of anilines is 1. The maximum atomic E-state index is 13.4. The largest absolute Gasteiger partial charge is 0.481 e. The zero-order valence-corrected chi connectivity index (χ0v) is 45.6. The highest BCUT2D eigenvalue weighted by Gasteiger charge is 2.44. The molecular weight excluding hydrogens is 1030 g/mol. The first kappa shape index (κ1) is 66.3. The molecule has 9 N–H and O–H groups in total. The molecule has 22 nitrogen and oxygen atoms in total. The average molecular weight is 1120 g/mol. The van der Waals surface area contributed by atoms with Crippen LogP contribution in [-0.2, 0) is 51.0 Å². The number of carbonyl (C=O) groups is 2. The number of hydrogen-bond donors (Lipinski definition) is 8. The Balaban J connectivity index is 1.77. The number of rotatable bonds is 23. The van der Waals surface area contributed by atoms with Crippen molar-refractivity contribution in [2.75, 3.05) is 25.6 Å². The molecule has 0 spiro atoms. The van der Waals surface area contributed by atoms with E-state index in [1.165, 1.54) is 18.2 Å². The molecule has 3 unspecified atom stereocenters. The summed E-state index contributed by atoms with van der Waals surface area (Å²) in [5, 5.41) is 56.8. The van der Waals surface area contributed by atoms with Gasteiger partial charge in [0, 0.05) is 31.4 Å². The average Bonchev–Trinajstić information content (AvgIpc) is 3.37. The summed E-state index contributed by atoms with van der Waals surface area (Å²) >= 11 is 0. The van der Waals surface area contributed by atoms with Gasteiger partial charge in [-0.2, -0.15) is 9.29 Å². The molecule has 24 heteroatoms. The number of cyclic esters (lactones) is 1. The Labute approximate surface area is 446 Å². The summed E-state index contributed by atoms with van der Waals surface area (Å²) in [6, 6.07) is 1.22. The van der Waals surface area contributed by atoms with Gasteiger partial charge in [0.1, 0.15) is 43.1 Å². The van der Waals surface area contributed by atoms with Crippen LogP contribution in [0.25, 0.3) is 0 Å². The fourth-order valence-electron chi connectivity index (χ4n) is 7.92. The number of ether oxygens (including phenoxy) is 4. The molecule has 430 valence electrons. The highest BCUT2D eigenvalue weighted by atomic mass is 31.3. The molecule has 1 aromatic heterocycles. The molecule has 2 aliphatic heterocycles. The molecule has 0 amide bonds. The van der Waals surface area contributed by atoms with E-state index < -0.39 is 121 Å².